The summed E-state index contributed by atoms with van der Waals surface area (Å²) in [4.78, 5) is 11.2. The second-order valence-electron chi connectivity index (χ2n) is 2.49. The fraction of sp³-hybridized carbons (Fsp3) is 0.222. The lowest BCUT2D eigenvalue weighted by Crippen LogP contribution is -1.99. The van der Waals surface area contributed by atoms with Gasteiger partial charge < -0.3 is 4.74 Å². The molecule has 1 aromatic carbocycles. The number of Topliss-reactive ketones (excluding diaryl/α,β-unsaturated/α-hetero) is 1. The molecular weight excluding hydrogens is 255 g/mol. The molecule has 0 aliphatic carbocycles. The summed E-state index contributed by atoms with van der Waals surface area (Å²) in [6, 6.07) is 3.35. The van der Waals surface area contributed by atoms with Gasteiger partial charge in [-0.3, -0.25) is 4.79 Å². The summed E-state index contributed by atoms with van der Waals surface area (Å²) in [5, 5.41) is 0.506. The van der Waals surface area contributed by atoms with Crippen LogP contribution in [0.25, 0.3) is 0 Å². The van der Waals surface area contributed by atoms with Gasteiger partial charge in [0.15, 0.2) is 5.78 Å². The molecule has 0 saturated heterocycles. The van der Waals surface area contributed by atoms with Crippen molar-refractivity contribution in [2.24, 2.45) is 0 Å². The largest absolute Gasteiger partial charge is 0.496 e. The first-order chi connectivity index (χ1) is 6.07. The van der Waals surface area contributed by atoms with Gasteiger partial charge in [-0.25, -0.2) is 0 Å². The highest BCUT2D eigenvalue weighted by Gasteiger charge is 2.14. The van der Waals surface area contributed by atoms with Crippen molar-refractivity contribution in [1.29, 1.82) is 0 Å². The maximum atomic E-state index is 11.2. The van der Waals surface area contributed by atoms with Gasteiger partial charge in [0.1, 0.15) is 5.75 Å². The zero-order chi connectivity index (χ0) is 10.0. The van der Waals surface area contributed by atoms with E-state index >= 15 is 0 Å². The summed E-state index contributed by atoms with van der Waals surface area (Å²) in [6.07, 6.45) is 0. The molecule has 0 amide bonds. The number of ether oxygens (including phenoxy) is 1. The first-order valence-electron chi connectivity index (χ1n) is 3.61. The summed E-state index contributed by atoms with van der Waals surface area (Å²) in [6.45, 7) is 1.47. The van der Waals surface area contributed by atoms with Crippen LogP contribution in [0.15, 0.2) is 16.6 Å². The van der Waals surface area contributed by atoms with Gasteiger partial charge in [0.05, 0.1) is 22.2 Å². The van der Waals surface area contributed by atoms with Gasteiger partial charge in [0.25, 0.3) is 0 Å². The monoisotopic (exact) mass is 262 g/mol. The van der Waals surface area contributed by atoms with E-state index in [2.05, 4.69) is 15.9 Å². The lowest BCUT2D eigenvalue weighted by atomic mass is 10.1. The summed E-state index contributed by atoms with van der Waals surface area (Å²) in [5.74, 6) is 0.454. The van der Waals surface area contributed by atoms with Crippen molar-refractivity contribution < 1.29 is 9.53 Å². The highest BCUT2D eigenvalue weighted by atomic mass is 79.9. The third-order valence-electron chi connectivity index (χ3n) is 1.63. The second kappa shape index (κ2) is 4.11. The number of halogens is 2. The third-order valence-corrected chi connectivity index (χ3v) is 3.00. The van der Waals surface area contributed by atoms with Crippen LogP contribution in [0.2, 0.25) is 5.02 Å². The van der Waals surface area contributed by atoms with Crippen LogP contribution in [0.5, 0.6) is 5.75 Å². The average Bonchev–Trinajstić information content (AvgIpc) is 2.08. The van der Waals surface area contributed by atoms with Crippen molar-refractivity contribution in [2.45, 2.75) is 6.92 Å². The molecule has 1 aromatic rings. The molecule has 4 heteroatoms. The van der Waals surface area contributed by atoms with E-state index < -0.39 is 0 Å². The van der Waals surface area contributed by atoms with E-state index in [1.54, 1.807) is 12.1 Å². The Bertz CT molecular complexity index is 350. The van der Waals surface area contributed by atoms with Crippen molar-refractivity contribution in [3.05, 3.63) is 27.2 Å². The van der Waals surface area contributed by atoms with Gasteiger partial charge in [-0.05, 0) is 35.0 Å². The van der Waals surface area contributed by atoms with Gasteiger partial charge in [0.2, 0.25) is 0 Å². The Morgan fingerprint density at radius 1 is 1.54 bits per heavy atom. The molecule has 0 spiro atoms. The fourth-order valence-corrected chi connectivity index (χ4v) is 1.80. The Labute approximate surface area is 90.0 Å². The van der Waals surface area contributed by atoms with E-state index in [4.69, 9.17) is 16.3 Å². The molecule has 0 radical (unpaired) electrons. The first kappa shape index (κ1) is 10.5. The van der Waals surface area contributed by atoms with Crippen molar-refractivity contribution in [2.75, 3.05) is 7.11 Å². The van der Waals surface area contributed by atoms with Crippen LogP contribution in [-0.4, -0.2) is 12.9 Å². The number of hydrogen-bond acceptors (Lipinski definition) is 2. The Morgan fingerprint density at radius 3 is 2.62 bits per heavy atom. The number of carbonyl (C=O) groups excluding carboxylic acids is 1. The minimum Gasteiger partial charge on any atom is -0.496 e. The SMILES string of the molecule is COc1ccc(Cl)c(Br)c1C(C)=O. The Kier molecular flexibility index (Phi) is 3.33. The summed E-state index contributed by atoms with van der Waals surface area (Å²) in [5.41, 5.74) is 0.481. The molecule has 0 N–H and O–H groups in total. The van der Waals surface area contributed by atoms with Crippen LogP contribution in [-0.2, 0) is 0 Å². The van der Waals surface area contributed by atoms with E-state index in [1.807, 2.05) is 0 Å². The summed E-state index contributed by atoms with van der Waals surface area (Å²) < 4.78 is 5.62. The lowest BCUT2D eigenvalue weighted by Gasteiger charge is -2.08. The van der Waals surface area contributed by atoms with Crippen LogP contribution in [0, 0.1) is 0 Å². The zero-order valence-electron chi connectivity index (χ0n) is 7.23. The van der Waals surface area contributed by atoms with Crippen molar-refractivity contribution in [1.82, 2.24) is 0 Å². The Morgan fingerprint density at radius 2 is 2.15 bits per heavy atom. The third kappa shape index (κ3) is 2.03. The minimum atomic E-state index is -0.0776. The highest BCUT2D eigenvalue weighted by molar-refractivity contribution is 9.10. The maximum Gasteiger partial charge on any atom is 0.164 e. The zero-order valence-corrected chi connectivity index (χ0v) is 9.57. The van der Waals surface area contributed by atoms with Crippen molar-refractivity contribution in [3.8, 4) is 5.75 Å². The van der Waals surface area contributed by atoms with Crippen LogP contribution < -0.4 is 4.74 Å². The molecule has 70 valence electrons. The number of benzene rings is 1. The van der Waals surface area contributed by atoms with Gasteiger partial charge in [-0.15, -0.1) is 0 Å². The molecule has 0 saturated carbocycles. The molecule has 0 aliphatic heterocycles. The fourth-order valence-electron chi connectivity index (χ4n) is 1.03. The van der Waals surface area contributed by atoms with Crippen LogP contribution in [0.4, 0.5) is 0 Å². The number of hydrogen-bond donors (Lipinski definition) is 0. The molecule has 0 aromatic heterocycles. The van der Waals surface area contributed by atoms with Gasteiger partial charge in [-0.2, -0.15) is 0 Å². The average molecular weight is 264 g/mol. The Hall–Kier alpha value is -0.540. The predicted octanol–water partition coefficient (Wildman–Crippen LogP) is 3.31. The molecule has 0 bridgehead atoms. The number of carbonyl (C=O) groups is 1. The van der Waals surface area contributed by atoms with E-state index in [0.29, 0.717) is 20.8 Å². The molecular formula is C9H8BrClO2. The number of rotatable bonds is 2. The van der Waals surface area contributed by atoms with E-state index in [-0.39, 0.29) is 5.78 Å². The molecule has 2 nitrogen and oxygen atoms in total. The normalized spacial score (nSPS) is 9.85. The molecule has 0 atom stereocenters. The van der Waals surface area contributed by atoms with Crippen LogP contribution >= 0.6 is 27.5 Å². The number of methoxy groups -OCH3 is 1. The summed E-state index contributed by atoms with van der Waals surface area (Å²) >= 11 is 9.07. The molecule has 0 fully saturated rings. The van der Waals surface area contributed by atoms with Gasteiger partial charge in [-0.1, -0.05) is 11.6 Å². The second-order valence-corrected chi connectivity index (χ2v) is 3.70. The van der Waals surface area contributed by atoms with Crippen LogP contribution in [0.3, 0.4) is 0 Å². The maximum absolute atomic E-state index is 11.2. The highest BCUT2D eigenvalue weighted by Crippen LogP contribution is 2.33. The molecule has 1 rings (SSSR count). The molecule has 0 unspecified atom stereocenters. The smallest absolute Gasteiger partial charge is 0.164 e. The van der Waals surface area contributed by atoms with Gasteiger partial charge >= 0.3 is 0 Å². The van der Waals surface area contributed by atoms with E-state index in [9.17, 15) is 4.79 Å². The van der Waals surface area contributed by atoms with E-state index in [0.717, 1.165) is 0 Å². The predicted molar refractivity (Wildman–Crippen MR) is 55.7 cm³/mol. The van der Waals surface area contributed by atoms with Crippen LogP contribution in [0.1, 0.15) is 17.3 Å². The van der Waals surface area contributed by atoms with Gasteiger partial charge in [0, 0.05) is 0 Å². The lowest BCUT2D eigenvalue weighted by molar-refractivity contribution is 0.101. The molecule has 13 heavy (non-hydrogen) atoms. The molecule has 0 aliphatic rings. The van der Waals surface area contributed by atoms with Crippen molar-refractivity contribution in [3.63, 3.8) is 0 Å². The standard InChI is InChI=1S/C9H8BrClO2/c1-5(12)8-7(13-2)4-3-6(11)9(8)10/h3-4H,1-2H3. The number of ketones is 1. The minimum absolute atomic E-state index is 0.0776. The summed E-state index contributed by atoms with van der Waals surface area (Å²) in [7, 11) is 1.52. The molecule has 0 heterocycles. The quantitative estimate of drug-likeness (QED) is 0.765. The van der Waals surface area contributed by atoms with Crippen molar-refractivity contribution >= 4 is 33.3 Å². The van der Waals surface area contributed by atoms with E-state index in [1.165, 1.54) is 14.0 Å². The Balaban J connectivity index is 3.41. The topological polar surface area (TPSA) is 26.3 Å². The first-order valence-corrected chi connectivity index (χ1v) is 4.78.